The molecule has 1 N–H and O–H groups in total. The second-order valence-electron chi connectivity index (χ2n) is 6.31. The van der Waals surface area contributed by atoms with Crippen LogP contribution in [0.1, 0.15) is 37.2 Å². The summed E-state index contributed by atoms with van der Waals surface area (Å²) in [5, 5.41) is 3.99. The lowest BCUT2D eigenvalue weighted by atomic mass is 9.79. The number of carbonyl (C=O) groups excluding carboxylic acids is 1. The number of halogens is 2. The molecule has 0 fully saturated rings. The van der Waals surface area contributed by atoms with Crippen molar-refractivity contribution in [2.75, 3.05) is 5.75 Å². The maximum absolute atomic E-state index is 12.6. The zero-order valence-electron chi connectivity index (χ0n) is 12.7. The van der Waals surface area contributed by atoms with E-state index in [0.29, 0.717) is 38.9 Å². The van der Waals surface area contributed by atoms with Gasteiger partial charge in [0, 0.05) is 29.8 Å². The Morgan fingerprint density at radius 3 is 2.58 bits per heavy atom. The van der Waals surface area contributed by atoms with Crippen molar-refractivity contribution >= 4 is 38.8 Å². The fraction of sp³-hybridized carbons (Fsp3) is 0.353. The minimum atomic E-state index is -3.39. The fourth-order valence-electron chi connectivity index (χ4n) is 3.79. The molecule has 126 valence electrons. The van der Waals surface area contributed by atoms with Crippen LogP contribution in [-0.2, 0) is 14.6 Å². The fourth-order valence-corrected chi connectivity index (χ4v) is 5.93. The van der Waals surface area contributed by atoms with Gasteiger partial charge >= 0.3 is 0 Å². The third-order valence-corrected chi connectivity index (χ3v) is 7.47. The number of dihydropyridines is 1. The highest BCUT2D eigenvalue weighted by atomic mass is 35.5. The SMILES string of the molecule is O=C1CCCC2=C1C(c1ccc(Cl)c(Cl)c1)C1=C(CCS1(=O)=O)N2. The number of Topliss-reactive ketones (excluding diaryl/α,β-unsaturated/α-hetero) is 1. The Morgan fingerprint density at radius 2 is 1.83 bits per heavy atom. The molecule has 3 aliphatic rings. The average molecular weight is 384 g/mol. The van der Waals surface area contributed by atoms with Crippen LogP contribution in [0.5, 0.6) is 0 Å². The van der Waals surface area contributed by atoms with Crippen LogP contribution in [0.15, 0.2) is 40.1 Å². The zero-order chi connectivity index (χ0) is 17.1. The van der Waals surface area contributed by atoms with Gasteiger partial charge in [0.1, 0.15) is 0 Å². The number of benzene rings is 1. The van der Waals surface area contributed by atoms with Crippen LogP contribution < -0.4 is 5.32 Å². The molecule has 4 rings (SSSR count). The summed E-state index contributed by atoms with van der Waals surface area (Å²) < 4.78 is 25.2. The molecule has 1 aliphatic carbocycles. The van der Waals surface area contributed by atoms with Crippen molar-refractivity contribution < 1.29 is 13.2 Å². The van der Waals surface area contributed by atoms with E-state index in [1.54, 1.807) is 18.2 Å². The van der Waals surface area contributed by atoms with Crippen LogP contribution in [0.25, 0.3) is 0 Å². The van der Waals surface area contributed by atoms with Gasteiger partial charge in [-0.1, -0.05) is 29.3 Å². The summed E-state index contributed by atoms with van der Waals surface area (Å²) in [6, 6.07) is 5.08. The summed E-state index contributed by atoms with van der Waals surface area (Å²) in [6.07, 6.45) is 2.45. The van der Waals surface area contributed by atoms with Gasteiger partial charge in [0.2, 0.25) is 0 Å². The lowest BCUT2D eigenvalue weighted by Gasteiger charge is -2.33. The molecule has 7 heteroatoms. The van der Waals surface area contributed by atoms with Gasteiger partial charge in [-0.15, -0.1) is 0 Å². The monoisotopic (exact) mass is 383 g/mol. The molecule has 0 radical (unpaired) electrons. The average Bonchev–Trinajstić information content (AvgIpc) is 2.84. The molecule has 1 aromatic rings. The van der Waals surface area contributed by atoms with Gasteiger partial charge < -0.3 is 5.32 Å². The second-order valence-corrected chi connectivity index (χ2v) is 9.20. The molecule has 2 aliphatic heterocycles. The van der Waals surface area contributed by atoms with E-state index < -0.39 is 15.8 Å². The summed E-state index contributed by atoms with van der Waals surface area (Å²) >= 11 is 12.1. The van der Waals surface area contributed by atoms with Crippen LogP contribution in [0, 0.1) is 0 Å². The third kappa shape index (κ3) is 2.41. The first-order valence-electron chi connectivity index (χ1n) is 7.82. The Bertz CT molecular complexity index is 931. The molecular weight excluding hydrogens is 369 g/mol. The number of sulfone groups is 1. The number of rotatable bonds is 1. The lowest BCUT2D eigenvalue weighted by molar-refractivity contribution is -0.116. The van der Waals surface area contributed by atoms with Crippen molar-refractivity contribution in [2.24, 2.45) is 0 Å². The normalized spacial score (nSPS) is 25.4. The largest absolute Gasteiger partial charge is 0.361 e. The van der Waals surface area contributed by atoms with E-state index in [9.17, 15) is 13.2 Å². The first-order valence-corrected chi connectivity index (χ1v) is 10.2. The van der Waals surface area contributed by atoms with Crippen molar-refractivity contribution in [1.29, 1.82) is 0 Å². The number of ketones is 1. The molecule has 0 bridgehead atoms. The number of nitrogens with one attached hydrogen (secondary N) is 1. The van der Waals surface area contributed by atoms with Crippen molar-refractivity contribution in [3.05, 3.63) is 55.7 Å². The van der Waals surface area contributed by atoms with E-state index >= 15 is 0 Å². The van der Waals surface area contributed by atoms with Gasteiger partial charge in [0.15, 0.2) is 15.6 Å². The third-order valence-electron chi connectivity index (χ3n) is 4.84. The molecule has 0 spiro atoms. The highest BCUT2D eigenvalue weighted by Crippen LogP contribution is 2.48. The van der Waals surface area contributed by atoms with Gasteiger partial charge in [0.25, 0.3) is 0 Å². The lowest BCUT2D eigenvalue weighted by Crippen LogP contribution is -2.32. The first-order chi connectivity index (χ1) is 11.4. The molecule has 0 aromatic heterocycles. The number of hydrogen-bond acceptors (Lipinski definition) is 4. The minimum Gasteiger partial charge on any atom is -0.361 e. The summed E-state index contributed by atoms with van der Waals surface area (Å²) in [4.78, 5) is 12.9. The number of carbonyl (C=O) groups is 1. The van der Waals surface area contributed by atoms with E-state index in [1.165, 1.54) is 0 Å². The molecule has 0 amide bonds. The predicted octanol–water partition coefficient (Wildman–Crippen LogP) is 3.72. The van der Waals surface area contributed by atoms with Crippen LogP contribution in [0.4, 0.5) is 0 Å². The number of allylic oxidation sites excluding steroid dienone is 4. The van der Waals surface area contributed by atoms with Crippen molar-refractivity contribution in [3.63, 3.8) is 0 Å². The molecule has 2 heterocycles. The zero-order valence-corrected chi connectivity index (χ0v) is 15.1. The highest BCUT2D eigenvalue weighted by molar-refractivity contribution is 7.95. The maximum atomic E-state index is 12.6. The molecular formula is C17H15Cl2NO3S. The predicted molar refractivity (Wildman–Crippen MR) is 93.7 cm³/mol. The molecule has 0 saturated carbocycles. The quantitative estimate of drug-likeness (QED) is 0.802. The van der Waals surface area contributed by atoms with Gasteiger partial charge in [0.05, 0.1) is 26.6 Å². The van der Waals surface area contributed by atoms with Crippen LogP contribution >= 0.6 is 23.2 Å². The minimum absolute atomic E-state index is 0.00784. The van der Waals surface area contributed by atoms with Crippen molar-refractivity contribution in [2.45, 2.75) is 31.6 Å². The van der Waals surface area contributed by atoms with Crippen LogP contribution in [0.2, 0.25) is 10.0 Å². The molecule has 1 aromatic carbocycles. The topological polar surface area (TPSA) is 63.2 Å². The van der Waals surface area contributed by atoms with Crippen LogP contribution in [-0.4, -0.2) is 20.0 Å². The summed E-state index contributed by atoms with van der Waals surface area (Å²) in [6.45, 7) is 0. The molecule has 1 unspecified atom stereocenters. The Labute approximate surface area is 150 Å². The summed E-state index contributed by atoms with van der Waals surface area (Å²) in [7, 11) is -3.39. The number of hydrogen-bond donors (Lipinski definition) is 1. The maximum Gasteiger partial charge on any atom is 0.177 e. The smallest absolute Gasteiger partial charge is 0.177 e. The summed E-state index contributed by atoms with van der Waals surface area (Å²) in [5.41, 5.74) is 2.85. The first kappa shape index (κ1) is 16.2. The van der Waals surface area contributed by atoms with E-state index in [-0.39, 0.29) is 11.5 Å². The Kier molecular flexibility index (Phi) is 3.79. The van der Waals surface area contributed by atoms with Crippen LogP contribution in [0.3, 0.4) is 0 Å². The molecule has 0 saturated heterocycles. The van der Waals surface area contributed by atoms with Gasteiger partial charge in [-0.05, 0) is 30.5 Å². The second kappa shape index (κ2) is 5.61. The van der Waals surface area contributed by atoms with Crippen molar-refractivity contribution in [1.82, 2.24) is 5.32 Å². The molecule has 24 heavy (non-hydrogen) atoms. The Hall–Kier alpha value is -1.30. The highest BCUT2D eigenvalue weighted by Gasteiger charge is 2.44. The van der Waals surface area contributed by atoms with Gasteiger partial charge in [-0.2, -0.15) is 0 Å². The van der Waals surface area contributed by atoms with E-state index in [4.69, 9.17) is 23.2 Å². The van der Waals surface area contributed by atoms with E-state index in [1.807, 2.05) is 0 Å². The Balaban J connectivity index is 1.96. The van der Waals surface area contributed by atoms with E-state index in [2.05, 4.69) is 5.32 Å². The Morgan fingerprint density at radius 1 is 1.04 bits per heavy atom. The van der Waals surface area contributed by atoms with E-state index in [0.717, 1.165) is 24.2 Å². The van der Waals surface area contributed by atoms with Gasteiger partial charge in [-0.3, -0.25) is 4.79 Å². The molecule has 4 nitrogen and oxygen atoms in total. The van der Waals surface area contributed by atoms with Gasteiger partial charge in [-0.25, -0.2) is 8.42 Å². The standard InChI is InChI=1S/C17H15Cl2NO3S/c18-10-5-4-9(8-11(10)19)15-16-12(2-1-3-14(16)21)20-13-6-7-24(22,23)17(13)15/h4-5,8,15,20H,1-3,6-7H2. The van der Waals surface area contributed by atoms with Crippen molar-refractivity contribution in [3.8, 4) is 0 Å². The molecule has 1 atom stereocenters. The summed E-state index contributed by atoms with van der Waals surface area (Å²) in [5.74, 6) is -0.489.